The van der Waals surface area contributed by atoms with Gasteiger partial charge in [-0.25, -0.2) is 0 Å². The molecule has 0 aliphatic heterocycles. The summed E-state index contributed by atoms with van der Waals surface area (Å²) in [4.78, 5) is 12.1. The van der Waals surface area contributed by atoms with E-state index in [1.165, 1.54) is 0 Å². The Balaban J connectivity index is 1.56. The summed E-state index contributed by atoms with van der Waals surface area (Å²) in [5.74, 6) is 2.11. The highest BCUT2D eigenvalue weighted by Gasteiger charge is 2.65. The average molecular weight is 436 g/mol. The fourth-order valence-electron chi connectivity index (χ4n) is 8.93. The van der Waals surface area contributed by atoms with Gasteiger partial charge in [0.25, 0.3) is 0 Å². The molecule has 0 radical (unpaired) electrons. The second kappa shape index (κ2) is 8.38. The molecule has 12 unspecified atom stereocenters. The van der Waals surface area contributed by atoms with Crippen molar-refractivity contribution in [1.29, 1.82) is 0 Å². The van der Waals surface area contributed by atoms with Crippen molar-refractivity contribution in [3.8, 4) is 0 Å². The van der Waals surface area contributed by atoms with Gasteiger partial charge < -0.3 is 21.1 Å². The predicted octanol–water partition coefficient (Wildman–Crippen LogP) is 3.28. The highest BCUT2D eigenvalue weighted by atomic mass is 16.3. The number of fused-ring (bicyclic) bond motifs is 5. The molecule has 178 valence electrons. The van der Waals surface area contributed by atoms with Crippen LogP contribution in [0.3, 0.4) is 0 Å². The molecule has 4 aliphatic carbocycles. The second-order valence-electron chi connectivity index (χ2n) is 12.3. The maximum absolute atomic E-state index is 12.1. The molecular weight excluding hydrogens is 390 g/mol. The number of carbonyl (C=O) groups is 1. The van der Waals surface area contributed by atoms with Crippen LogP contribution in [0.4, 0.5) is 0 Å². The van der Waals surface area contributed by atoms with Crippen molar-refractivity contribution in [2.45, 2.75) is 110 Å². The summed E-state index contributed by atoms with van der Waals surface area (Å²) in [6, 6.07) is -0.403. The van der Waals surface area contributed by atoms with Gasteiger partial charge in [0.15, 0.2) is 0 Å². The van der Waals surface area contributed by atoms with Crippen molar-refractivity contribution in [3.63, 3.8) is 0 Å². The molecule has 0 heterocycles. The standard InChI is InChI=1S/C26H45NO4/c1-14(5-8-21(29)15(2)27)18-6-7-19-24-20(13-23(31)26(18,19)4)25(3)10-9-17(28)11-16(25)12-22(24)30/h14-20,22-24,28,30-31H,5-13,27H2,1-4H3. The van der Waals surface area contributed by atoms with E-state index in [9.17, 15) is 20.1 Å². The first kappa shape index (κ1) is 23.7. The number of ketones is 1. The topological polar surface area (TPSA) is 104 Å². The Morgan fingerprint density at radius 2 is 1.74 bits per heavy atom. The third-order valence-electron chi connectivity index (χ3n) is 10.9. The molecule has 0 aromatic carbocycles. The Labute approximate surface area is 188 Å². The van der Waals surface area contributed by atoms with E-state index in [0.717, 1.165) is 51.4 Å². The number of Topliss-reactive ketones (excluding diaryl/α,β-unsaturated/α-hetero) is 1. The lowest BCUT2D eigenvalue weighted by Gasteiger charge is -2.63. The number of nitrogens with two attached hydrogens (primary N) is 1. The molecule has 0 spiro atoms. The monoisotopic (exact) mass is 435 g/mol. The first-order valence-corrected chi connectivity index (χ1v) is 12.8. The highest BCUT2D eigenvalue weighted by molar-refractivity contribution is 5.83. The lowest BCUT2D eigenvalue weighted by Crippen LogP contribution is -2.62. The number of hydrogen-bond acceptors (Lipinski definition) is 5. The largest absolute Gasteiger partial charge is 0.393 e. The van der Waals surface area contributed by atoms with E-state index in [4.69, 9.17) is 5.73 Å². The molecule has 5 N–H and O–H groups in total. The molecule has 0 saturated heterocycles. The number of rotatable bonds is 5. The number of hydrogen-bond donors (Lipinski definition) is 4. The van der Waals surface area contributed by atoms with Crippen LogP contribution in [-0.2, 0) is 4.79 Å². The first-order chi connectivity index (χ1) is 14.5. The van der Waals surface area contributed by atoms with Crippen LogP contribution in [0, 0.1) is 46.3 Å². The van der Waals surface area contributed by atoms with Crippen LogP contribution in [-0.4, -0.2) is 45.5 Å². The predicted molar refractivity (Wildman–Crippen MR) is 121 cm³/mol. The van der Waals surface area contributed by atoms with Crippen LogP contribution in [0.2, 0.25) is 0 Å². The molecule has 0 aromatic rings. The van der Waals surface area contributed by atoms with E-state index in [-0.39, 0.29) is 40.8 Å². The van der Waals surface area contributed by atoms with Crippen LogP contribution in [0.25, 0.3) is 0 Å². The van der Waals surface area contributed by atoms with Crippen LogP contribution < -0.4 is 5.73 Å². The van der Waals surface area contributed by atoms with Crippen LogP contribution in [0.1, 0.15) is 85.5 Å². The zero-order chi connectivity index (χ0) is 22.7. The molecule has 4 saturated carbocycles. The maximum atomic E-state index is 12.1. The maximum Gasteiger partial charge on any atom is 0.149 e. The third-order valence-corrected chi connectivity index (χ3v) is 10.9. The van der Waals surface area contributed by atoms with Gasteiger partial charge in [-0.3, -0.25) is 4.79 Å². The van der Waals surface area contributed by atoms with E-state index in [0.29, 0.717) is 36.0 Å². The molecule has 4 rings (SSSR count). The summed E-state index contributed by atoms with van der Waals surface area (Å²) in [7, 11) is 0. The van der Waals surface area contributed by atoms with Crippen LogP contribution in [0.15, 0.2) is 0 Å². The van der Waals surface area contributed by atoms with Gasteiger partial charge >= 0.3 is 0 Å². The molecule has 0 bridgehead atoms. The van der Waals surface area contributed by atoms with Gasteiger partial charge in [0, 0.05) is 6.42 Å². The van der Waals surface area contributed by atoms with E-state index in [2.05, 4.69) is 20.8 Å². The Bertz CT molecular complexity index is 682. The summed E-state index contributed by atoms with van der Waals surface area (Å²) in [6.45, 7) is 8.64. The zero-order valence-corrected chi connectivity index (χ0v) is 20.0. The van der Waals surface area contributed by atoms with E-state index in [1.54, 1.807) is 6.92 Å². The Kier molecular flexibility index (Phi) is 6.39. The summed E-state index contributed by atoms with van der Waals surface area (Å²) in [6.07, 6.45) is 6.73. The molecular formula is C26H45NO4. The quantitative estimate of drug-likeness (QED) is 0.531. The van der Waals surface area contributed by atoms with Crippen molar-refractivity contribution in [1.82, 2.24) is 0 Å². The van der Waals surface area contributed by atoms with Gasteiger partial charge in [-0.1, -0.05) is 20.8 Å². The summed E-state index contributed by atoms with van der Waals surface area (Å²) in [5, 5.41) is 33.2. The van der Waals surface area contributed by atoms with Crippen LogP contribution in [0.5, 0.6) is 0 Å². The van der Waals surface area contributed by atoms with Crippen LogP contribution >= 0.6 is 0 Å². The molecule has 0 aromatic heterocycles. The van der Waals surface area contributed by atoms with E-state index < -0.39 is 6.04 Å². The summed E-state index contributed by atoms with van der Waals surface area (Å²) >= 11 is 0. The Morgan fingerprint density at radius 3 is 2.42 bits per heavy atom. The minimum Gasteiger partial charge on any atom is -0.393 e. The van der Waals surface area contributed by atoms with Crippen molar-refractivity contribution in [2.75, 3.05) is 0 Å². The summed E-state index contributed by atoms with van der Waals surface area (Å²) in [5.41, 5.74) is 5.67. The van der Waals surface area contributed by atoms with Crippen molar-refractivity contribution < 1.29 is 20.1 Å². The molecule has 31 heavy (non-hydrogen) atoms. The molecule has 5 heteroatoms. The molecule has 4 fully saturated rings. The minimum absolute atomic E-state index is 0.110. The fraction of sp³-hybridized carbons (Fsp3) is 0.962. The van der Waals surface area contributed by atoms with E-state index in [1.807, 2.05) is 0 Å². The zero-order valence-electron chi connectivity index (χ0n) is 20.0. The number of aliphatic hydroxyl groups excluding tert-OH is 3. The van der Waals surface area contributed by atoms with Gasteiger partial charge in [0.05, 0.1) is 24.4 Å². The second-order valence-corrected chi connectivity index (χ2v) is 12.3. The highest BCUT2D eigenvalue weighted by Crippen LogP contribution is 2.68. The third kappa shape index (κ3) is 3.72. The smallest absolute Gasteiger partial charge is 0.149 e. The van der Waals surface area contributed by atoms with Gasteiger partial charge in [-0.15, -0.1) is 0 Å². The number of carbonyl (C=O) groups excluding carboxylic acids is 1. The lowest BCUT2D eigenvalue weighted by atomic mass is 9.43. The Morgan fingerprint density at radius 1 is 1.03 bits per heavy atom. The summed E-state index contributed by atoms with van der Waals surface area (Å²) < 4.78 is 0. The molecule has 4 aliphatic rings. The first-order valence-electron chi connectivity index (χ1n) is 12.8. The van der Waals surface area contributed by atoms with Crippen molar-refractivity contribution in [3.05, 3.63) is 0 Å². The fourth-order valence-corrected chi connectivity index (χ4v) is 8.93. The molecule has 12 atom stereocenters. The van der Waals surface area contributed by atoms with E-state index >= 15 is 0 Å². The van der Waals surface area contributed by atoms with Crippen molar-refractivity contribution in [2.24, 2.45) is 52.1 Å². The average Bonchev–Trinajstić information content (AvgIpc) is 3.06. The van der Waals surface area contributed by atoms with Gasteiger partial charge in [-0.05, 0) is 105 Å². The Hall–Kier alpha value is -0.490. The van der Waals surface area contributed by atoms with Gasteiger partial charge in [0.2, 0.25) is 0 Å². The normalized spacial score (nSPS) is 51.4. The molecule has 0 amide bonds. The molecule has 5 nitrogen and oxygen atoms in total. The lowest BCUT2D eigenvalue weighted by molar-refractivity contribution is -0.207. The minimum atomic E-state index is -0.403. The number of aliphatic hydroxyl groups is 3. The van der Waals surface area contributed by atoms with Crippen molar-refractivity contribution >= 4 is 5.78 Å². The van der Waals surface area contributed by atoms with Gasteiger partial charge in [-0.2, -0.15) is 0 Å². The van der Waals surface area contributed by atoms with Gasteiger partial charge in [0.1, 0.15) is 5.78 Å². The SMILES string of the molecule is CC(N)C(=O)CCC(C)C1CCC2C3C(O)CC4CC(O)CCC4(C)C3CC(O)C12C.